The van der Waals surface area contributed by atoms with Gasteiger partial charge in [0, 0.05) is 42.2 Å². The molecule has 0 radical (unpaired) electrons. The number of hydrogen-bond donors (Lipinski definition) is 0. The first-order valence-corrected chi connectivity index (χ1v) is 5.38. The van der Waals surface area contributed by atoms with Crippen LogP contribution in [0, 0.1) is 0 Å². The third-order valence-corrected chi connectivity index (χ3v) is 2.40. The van der Waals surface area contributed by atoms with Gasteiger partial charge in [-0.1, -0.05) is 0 Å². The lowest BCUT2D eigenvalue weighted by Crippen LogP contribution is -2.25. The topological polar surface area (TPSA) is 29.0 Å². The van der Waals surface area contributed by atoms with Crippen LogP contribution in [0.15, 0.2) is 49.1 Å². The normalized spacial score (nSPS) is 10.4. The molecule has 0 amide bonds. The fourth-order valence-electron chi connectivity index (χ4n) is 1.75. The summed E-state index contributed by atoms with van der Waals surface area (Å²) in [6.07, 6.45) is 7.25. The van der Waals surface area contributed by atoms with E-state index < -0.39 is 0 Å². The maximum absolute atomic E-state index is 4.04. The molecule has 0 bridgehead atoms. The minimum absolute atomic E-state index is 0.393. The summed E-state index contributed by atoms with van der Waals surface area (Å²) in [6, 6.07) is 8.45. The molecule has 0 N–H and O–H groups in total. The Morgan fingerprint density at radius 2 is 1.19 bits per heavy atom. The summed E-state index contributed by atoms with van der Waals surface area (Å²) in [7, 11) is 0. The summed E-state index contributed by atoms with van der Waals surface area (Å²) < 4.78 is 0. The molecule has 3 nitrogen and oxygen atoms in total. The summed E-state index contributed by atoms with van der Waals surface area (Å²) in [6.45, 7) is 4.34. The van der Waals surface area contributed by atoms with Crippen LogP contribution in [-0.2, 0) is 0 Å². The highest BCUT2D eigenvalue weighted by atomic mass is 15.2. The monoisotopic (exact) mass is 213 g/mol. The van der Waals surface area contributed by atoms with Gasteiger partial charge in [0.15, 0.2) is 0 Å². The van der Waals surface area contributed by atoms with Gasteiger partial charge in [-0.25, -0.2) is 0 Å². The first-order valence-electron chi connectivity index (χ1n) is 5.38. The standard InChI is InChI=1S/C13H15N3/c1-11(2)16(12-3-7-14-8-4-12)13-5-9-15-10-6-13/h3-11H,1-2H3. The van der Waals surface area contributed by atoms with Crippen molar-refractivity contribution in [2.24, 2.45) is 0 Å². The van der Waals surface area contributed by atoms with Gasteiger partial charge in [0.25, 0.3) is 0 Å². The zero-order chi connectivity index (χ0) is 11.4. The van der Waals surface area contributed by atoms with Crippen molar-refractivity contribution in [1.29, 1.82) is 0 Å². The Kier molecular flexibility index (Phi) is 3.15. The van der Waals surface area contributed by atoms with Crippen molar-refractivity contribution in [2.75, 3.05) is 4.90 Å². The number of hydrogen-bond acceptors (Lipinski definition) is 3. The van der Waals surface area contributed by atoms with Gasteiger partial charge >= 0.3 is 0 Å². The van der Waals surface area contributed by atoms with Gasteiger partial charge in [-0.3, -0.25) is 9.97 Å². The number of rotatable bonds is 3. The number of nitrogens with zero attached hydrogens (tertiary/aromatic N) is 3. The van der Waals surface area contributed by atoms with Gasteiger partial charge in [-0.05, 0) is 38.1 Å². The molecule has 0 aliphatic carbocycles. The van der Waals surface area contributed by atoms with Crippen LogP contribution in [0.2, 0.25) is 0 Å². The molecule has 0 saturated heterocycles. The molecular weight excluding hydrogens is 198 g/mol. The minimum Gasteiger partial charge on any atom is -0.339 e. The number of anilines is 2. The van der Waals surface area contributed by atoms with Crippen molar-refractivity contribution in [3.05, 3.63) is 49.1 Å². The molecular formula is C13H15N3. The Hall–Kier alpha value is -1.90. The summed E-state index contributed by atoms with van der Waals surface area (Å²) >= 11 is 0. The maximum Gasteiger partial charge on any atom is 0.0444 e. The van der Waals surface area contributed by atoms with E-state index in [1.165, 1.54) is 0 Å². The Bertz CT molecular complexity index is 386. The van der Waals surface area contributed by atoms with Crippen molar-refractivity contribution in [1.82, 2.24) is 9.97 Å². The SMILES string of the molecule is CC(C)N(c1ccncc1)c1ccncc1. The van der Waals surface area contributed by atoms with Crippen molar-refractivity contribution < 1.29 is 0 Å². The largest absolute Gasteiger partial charge is 0.339 e. The zero-order valence-corrected chi connectivity index (χ0v) is 9.54. The fourth-order valence-corrected chi connectivity index (χ4v) is 1.75. The van der Waals surface area contributed by atoms with Crippen molar-refractivity contribution >= 4 is 11.4 Å². The molecule has 0 spiro atoms. The second kappa shape index (κ2) is 4.75. The Labute approximate surface area is 95.8 Å². The average Bonchev–Trinajstić information content (AvgIpc) is 2.31. The van der Waals surface area contributed by atoms with Crippen LogP contribution in [0.1, 0.15) is 13.8 Å². The minimum atomic E-state index is 0.393. The van der Waals surface area contributed by atoms with Crippen LogP contribution >= 0.6 is 0 Å². The van der Waals surface area contributed by atoms with Crippen LogP contribution in [0.25, 0.3) is 0 Å². The van der Waals surface area contributed by atoms with E-state index in [1.807, 2.05) is 49.1 Å². The molecule has 0 aromatic carbocycles. The first-order chi connectivity index (χ1) is 7.79. The van der Waals surface area contributed by atoms with E-state index in [0.717, 1.165) is 11.4 Å². The molecule has 2 aromatic heterocycles. The zero-order valence-electron chi connectivity index (χ0n) is 9.54. The van der Waals surface area contributed by atoms with Crippen molar-refractivity contribution in [3.63, 3.8) is 0 Å². The summed E-state index contributed by atoms with van der Waals surface area (Å²) in [5.41, 5.74) is 2.30. The van der Waals surface area contributed by atoms with Crippen LogP contribution in [0.3, 0.4) is 0 Å². The molecule has 0 aliphatic heterocycles. The van der Waals surface area contributed by atoms with E-state index >= 15 is 0 Å². The molecule has 3 heteroatoms. The second-order valence-electron chi connectivity index (χ2n) is 3.87. The maximum atomic E-state index is 4.04. The molecule has 0 unspecified atom stereocenters. The van der Waals surface area contributed by atoms with Crippen molar-refractivity contribution in [2.45, 2.75) is 19.9 Å². The smallest absolute Gasteiger partial charge is 0.0444 e. The lowest BCUT2D eigenvalue weighted by atomic mass is 10.2. The van der Waals surface area contributed by atoms with Crippen LogP contribution in [0.5, 0.6) is 0 Å². The molecule has 2 heterocycles. The molecule has 0 fully saturated rings. The van der Waals surface area contributed by atoms with E-state index in [9.17, 15) is 0 Å². The van der Waals surface area contributed by atoms with E-state index in [2.05, 4.69) is 28.7 Å². The molecule has 0 saturated carbocycles. The third-order valence-electron chi connectivity index (χ3n) is 2.40. The van der Waals surface area contributed by atoms with Gasteiger partial charge in [-0.15, -0.1) is 0 Å². The van der Waals surface area contributed by atoms with E-state index in [0.29, 0.717) is 6.04 Å². The highest BCUT2D eigenvalue weighted by Crippen LogP contribution is 2.26. The average molecular weight is 213 g/mol. The van der Waals surface area contributed by atoms with E-state index in [1.54, 1.807) is 0 Å². The van der Waals surface area contributed by atoms with Gasteiger partial charge in [0.05, 0.1) is 0 Å². The summed E-state index contributed by atoms with van der Waals surface area (Å²) in [4.78, 5) is 10.3. The van der Waals surface area contributed by atoms with Crippen LogP contribution in [-0.4, -0.2) is 16.0 Å². The quantitative estimate of drug-likeness (QED) is 0.784. The molecule has 82 valence electrons. The lowest BCUT2D eigenvalue weighted by molar-refractivity contribution is 0.787. The Morgan fingerprint density at radius 3 is 1.50 bits per heavy atom. The van der Waals surface area contributed by atoms with E-state index in [4.69, 9.17) is 0 Å². The van der Waals surface area contributed by atoms with Crippen LogP contribution < -0.4 is 4.90 Å². The van der Waals surface area contributed by atoms with Gasteiger partial charge in [-0.2, -0.15) is 0 Å². The second-order valence-corrected chi connectivity index (χ2v) is 3.87. The highest BCUT2D eigenvalue weighted by Gasteiger charge is 2.11. The Morgan fingerprint density at radius 1 is 0.812 bits per heavy atom. The predicted molar refractivity (Wildman–Crippen MR) is 65.7 cm³/mol. The van der Waals surface area contributed by atoms with E-state index in [-0.39, 0.29) is 0 Å². The third kappa shape index (κ3) is 2.19. The lowest BCUT2D eigenvalue weighted by Gasteiger charge is -2.28. The molecule has 0 aliphatic rings. The first kappa shape index (κ1) is 10.6. The van der Waals surface area contributed by atoms with Crippen molar-refractivity contribution in [3.8, 4) is 0 Å². The summed E-state index contributed by atoms with van der Waals surface area (Å²) in [5, 5.41) is 0. The van der Waals surface area contributed by atoms with Crippen LogP contribution in [0.4, 0.5) is 11.4 Å². The fraction of sp³-hybridized carbons (Fsp3) is 0.231. The molecule has 0 atom stereocenters. The number of pyridine rings is 2. The Balaban J connectivity index is 2.40. The van der Waals surface area contributed by atoms with Gasteiger partial charge in [0.1, 0.15) is 0 Å². The van der Waals surface area contributed by atoms with Gasteiger partial charge < -0.3 is 4.90 Å². The summed E-state index contributed by atoms with van der Waals surface area (Å²) in [5.74, 6) is 0. The highest BCUT2D eigenvalue weighted by molar-refractivity contribution is 5.62. The number of aromatic nitrogens is 2. The molecule has 2 rings (SSSR count). The van der Waals surface area contributed by atoms with Gasteiger partial charge in [0.2, 0.25) is 0 Å². The molecule has 2 aromatic rings. The predicted octanol–water partition coefficient (Wildman–Crippen LogP) is 3.02. The molecule has 16 heavy (non-hydrogen) atoms.